The summed E-state index contributed by atoms with van der Waals surface area (Å²) in [6, 6.07) is 9.32. The Labute approximate surface area is 169 Å². The maximum absolute atomic E-state index is 13.2. The third kappa shape index (κ3) is 3.31. The fourth-order valence-corrected chi connectivity index (χ4v) is 6.16. The number of nitrogens with one attached hydrogen (secondary N) is 1. The van der Waals surface area contributed by atoms with Crippen molar-refractivity contribution in [2.24, 2.45) is 0 Å². The van der Waals surface area contributed by atoms with E-state index in [1.54, 1.807) is 6.20 Å². The number of aromatic nitrogens is 3. The Hall–Kier alpha value is -2.74. The topological polar surface area (TPSA) is 93.9 Å². The highest BCUT2D eigenvalue weighted by atomic mass is 32.2. The van der Waals surface area contributed by atoms with Gasteiger partial charge in [-0.25, -0.2) is 8.42 Å². The van der Waals surface area contributed by atoms with Crippen molar-refractivity contribution in [3.8, 4) is 0 Å². The molecule has 5 rings (SSSR count). The number of nitrogens with zero attached hydrogens (tertiary/aromatic N) is 3. The molecule has 3 heterocycles. The van der Waals surface area contributed by atoms with Crippen molar-refractivity contribution in [3.63, 3.8) is 0 Å². The van der Waals surface area contributed by atoms with E-state index in [9.17, 15) is 13.2 Å². The Kier molecular flexibility index (Phi) is 4.38. The molecule has 1 saturated heterocycles. The van der Waals surface area contributed by atoms with Gasteiger partial charge in [0.2, 0.25) is 0 Å². The van der Waals surface area contributed by atoms with E-state index in [2.05, 4.69) is 15.4 Å². The molecule has 1 N–H and O–H groups in total. The molecule has 1 fully saturated rings. The Morgan fingerprint density at radius 3 is 2.79 bits per heavy atom. The number of pyridine rings is 1. The number of carbonyl (C=O) groups is 1. The number of carbonyl (C=O) groups excluding carboxylic acids is 1. The first-order chi connectivity index (χ1) is 14.0. The number of sulfone groups is 1. The van der Waals surface area contributed by atoms with E-state index in [-0.39, 0.29) is 23.5 Å². The van der Waals surface area contributed by atoms with Crippen molar-refractivity contribution >= 4 is 32.3 Å². The van der Waals surface area contributed by atoms with E-state index in [0.717, 1.165) is 47.8 Å². The van der Waals surface area contributed by atoms with Crippen LogP contribution in [0.15, 0.2) is 36.5 Å². The summed E-state index contributed by atoms with van der Waals surface area (Å²) in [5, 5.41) is 8.56. The van der Waals surface area contributed by atoms with Gasteiger partial charge in [0.15, 0.2) is 15.5 Å². The first kappa shape index (κ1) is 18.3. The first-order valence-corrected chi connectivity index (χ1v) is 11.8. The zero-order valence-corrected chi connectivity index (χ0v) is 16.8. The van der Waals surface area contributed by atoms with Crippen LogP contribution in [0.3, 0.4) is 0 Å². The number of para-hydroxylation sites is 1. The number of amides is 1. The van der Waals surface area contributed by atoms with E-state index in [1.165, 1.54) is 0 Å². The molecule has 1 amide bonds. The highest BCUT2D eigenvalue weighted by Crippen LogP contribution is 2.32. The Morgan fingerprint density at radius 1 is 1.14 bits per heavy atom. The lowest BCUT2D eigenvalue weighted by molar-refractivity contribution is 0.102. The van der Waals surface area contributed by atoms with Gasteiger partial charge in [-0.3, -0.25) is 14.5 Å². The molecule has 0 bridgehead atoms. The highest BCUT2D eigenvalue weighted by Gasteiger charge is 2.34. The number of benzene rings is 1. The maximum atomic E-state index is 13.2. The zero-order chi connectivity index (χ0) is 20.0. The molecule has 0 unspecified atom stereocenters. The highest BCUT2D eigenvalue weighted by molar-refractivity contribution is 7.91. The Morgan fingerprint density at radius 2 is 1.97 bits per heavy atom. The standard InChI is InChI=1S/C21H22N4O3S/c26-21(23-17-8-3-5-14-6-4-11-22-19(14)17)20-16-7-1-2-9-18(16)25(24-20)15-10-12-29(27,28)13-15/h3-6,8,11,15H,1-2,7,9-10,12-13H2,(H,23,26)/t15-/m1/s1. The molecule has 0 spiro atoms. The van der Waals surface area contributed by atoms with E-state index < -0.39 is 9.84 Å². The summed E-state index contributed by atoms with van der Waals surface area (Å²) >= 11 is 0. The van der Waals surface area contributed by atoms with Gasteiger partial charge in [0.25, 0.3) is 5.91 Å². The number of anilines is 1. The lowest BCUT2D eigenvalue weighted by atomic mass is 9.95. The molecule has 1 atom stereocenters. The van der Waals surface area contributed by atoms with Gasteiger partial charge in [-0.2, -0.15) is 5.10 Å². The molecule has 1 aliphatic heterocycles. The van der Waals surface area contributed by atoms with Gasteiger partial charge in [0.1, 0.15) is 0 Å². The molecule has 2 aliphatic rings. The Bertz CT molecular complexity index is 1210. The summed E-state index contributed by atoms with van der Waals surface area (Å²) in [4.78, 5) is 17.5. The number of hydrogen-bond acceptors (Lipinski definition) is 5. The van der Waals surface area contributed by atoms with Gasteiger partial charge < -0.3 is 5.32 Å². The van der Waals surface area contributed by atoms with Crippen molar-refractivity contribution in [2.45, 2.75) is 38.1 Å². The SMILES string of the molecule is O=C(Nc1cccc2cccnc12)c1nn([C@@H]2CCS(=O)(=O)C2)c2c1CCCC2. The molecule has 1 aliphatic carbocycles. The van der Waals surface area contributed by atoms with E-state index in [4.69, 9.17) is 0 Å². The minimum absolute atomic E-state index is 0.107. The predicted molar refractivity (Wildman–Crippen MR) is 111 cm³/mol. The molecule has 3 aromatic rings. The second-order valence-electron chi connectivity index (χ2n) is 7.82. The van der Waals surface area contributed by atoms with Gasteiger partial charge in [0, 0.05) is 22.8 Å². The van der Waals surface area contributed by atoms with Crippen molar-refractivity contribution in [3.05, 3.63) is 53.5 Å². The number of rotatable bonds is 3. The minimum atomic E-state index is -3.02. The van der Waals surface area contributed by atoms with Crippen molar-refractivity contribution in [2.75, 3.05) is 16.8 Å². The van der Waals surface area contributed by atoms with Gasteiger partial charge in [0.05, 0.1) is 28.8 Å². The van der Waals surface area contributed by atoms with Crippen LogP contribution in [0.25, 0.3) is 10.9 Å². The van der Waals surface area contributed by atoms with Gasteiger partial charge in [-0.1, -0.05) is 18.2 Å². The van der Waals surface area contributed by atoms with Gasteiger partial charge in [-0.05, 0) is 44.2 Å². The Balaban J connectivity index is 1.51. The van der Waals surface area contributed by atoms with Crippen molar-refractivity contribution in [1.82, 2.24) is 14.8 Å². The van der Waals surface area contributed by atoms with Crippen LogP contribution in [0, 0.1) is 0 Å². The summed E-state index contributed by atoms with van der Waals surface area (Å²) in [6.07, 6.45) is 5.94. The molecule has 8 heteroatoms. The molecule has 0 radical (unpaired) electrons. The number of hydrogen-bond donors (Lipinski definition) is 1. The third-order valence-corrected chi connectivity index (χ3v) is 7.61. The van der Waals surface area contributed by atoms with Crippen molar-refractivity contribution < 1.29 is 13.2 Å². The average Bonchev–Trinajstić information content (AvgIpc) is 3.28. The zero-order valence-electron chi connectivity index (χ0n) is 16.0. The van der Waals surface area contributed by atoms with Crippen LogP contribution in [0.1, 0.15) is 47.1 Å². The largest absolute Gasteiger partial charge is 0.319 e. The van der Waals surface area contributed by atoms with E-state index in [1.807, 2.05) is 35.0 Å². The predicted octanol–water partition coefficient (Wildman–Crippen LogP) is 2.92. The van der Waals surface area contributed by atoms with Gasteiger partial charge >= 0.3 is 0 Å². The molecular formula is C21H22N4O3S. The monoisotopic (exact) mass is 410 g/mol. The molecule has 0 saturated carbocycles. The third-order valence-electron chi connectivity index (χ3n) is 5.86. The quantitative estimate of drug-likeness (QED) is 0.716. The second kappa shape index (κ2) is 6.95. The fraction of sp³-hybridized carbons (Fsp3) is 0.381. The molecule has 150 valence electrons. The minimum Gasteiger partial charge on any atom is -0.319 e. The molecule has 7 nitrogen and oxygen atoms in total. The molecule has 2 aromatic heterocycles. The summed E-state index contributed by atoms with van der Waals surface area (Å²) in [5.41, 5.74) is 3.79. The van der Waals surface area contributed by atoms with Gasteiger partial charge in [-0.15, -0.1) is 0 Å². The molecular weight excluding hydrogens is 388 g/mol. The van der Waals surface area contributed by atoms with Crippen LogP contribution < -0.4 is 5.32 Å². The fourth-order valence-electron chi connectivity index (χ4n) is 4.47. The molecule has 29 heavy (non-hydrogen) atoms. The van der Waals surface area contributed by atoms with Crippen LogP contribution in [-0.2, 0) is 22.7 Å². The van der Waals surface area contributed by atoms with Crippen LogP contribution in [0.4, 0.5) is 5.69 Å². The number of fused-ring (bicyclic) bond motifs is 2. The first-order valence-electron chi connectivity index (χ1n) is 9.97. The summed E-state index contributed by atoms with van der Waals surface area (Å²) < 4.78 is 25.8. The maximum Gasteiger partial charge on any atom is 0.276 e. The molecule has 1 aromatic carbocycles. The summed E-state index contributed by atoms with van der Waals surface area (Å²) in [6.45, 7) is 0. The summed E-state index contributed by atoms with van der Waals surface area (Å²) in [5.74, 6) is 0.0335. The second-order valence-corrected chi connectivity index (χ2v) is 10.0. The van der Waals surface area contributed by atoms with E-state index in [0.29, 0.717) is 17.8 Å². The van der Waals surface area contributed by atoms with Crippen LogP contribution in [0.5, 0.6) is 0 Å². The van der Waals surface area contributed by atoms with Crippen LogP contribution in [0.2, 0.25) is 0 Å². The smallest absolute Gasteiger partial charge is 0.276 e. The lowest BCUT2D eigenvalue weighted by Gasteiger charge is -2.17. The average molecular weight is 410 g/mol. The van der Waals surface area contributed by atoms with Crippen LogP contribution in [-0.4, -0.2) is 40.6 Å². The van der Waals surface area contributed by atoms with Crippen molar-refractivity contribution in [1.29, 1.82) is 0 Å². The lowest BCUT2D eigenvalue weighted by Crippen LogP contribution is -2.17. The summed E-state index contributed by atoms with van der Waals surface area (Å²) in [7, 11) is -3.02. The van der Waals surface area contributed by atoms with E-state index >= 15 is 0 Å². The van der Waals surface area contributed by atoms with Crippen LogP contribution >= 0.6 is 0 Å². The normalized spacial score (nSPS) is 20.5.